The highest BCUT2D eigenvalue weighted by molar-refractivity contribution is 8.01. The Morgan fingerprint density at radius 3 is 2.79 bits per heavy atom. The molecule has 0 unspecified atom stereocenters. The highest BCUT2D eigenvalue weighted by Gasteiger charge is 2.13. The molecule has 6 nitrogen and oxygen atoms in total. The molecule has 3 N–H and O–H groups in total. The lowest BCUT2D eigenvalue weighted by Gasteiger charge is -2.03. The summed E-state index contributed by atoms with van der Waals surface area (Å²) in [6, 6.07) is 2.09. The van der Waals surface area contributed by atoms with E-state index < -0.39 is 0 Å². The summed E-state index contributed by atoms with van der Waals surface area (Å²) in [7, 11) is 0. The number of carbonyl (C=O) groups excluding carboxylic acids is 1. The Balaban J connectivity index is 2.58. The summed E-state index contributed by atoms with van der Waals surface area (Å²) in [5.74, 6) is -0.158. The van der Waals surface area contributed by atoms with Gasteiger partial charge in [0.2, 0.25) is 5.13 Å². The summed E-state index contributed by atoms with van der Waals surface area (Å²) < 4.78 is 0.684. The molecule has 0 bridgehead atoms. The predicted molar refractivity (Wildman–Crippen MR) is 76.9 cm³/mol. The molecule has 1 aromatic heterocycles. The number of carbonyl (C=O) groups is 1. The van der Waals surface area contributed by atoms with E-state index in [4.69, 9.17) is 11.0 Å². The van der Waals surface area contributed by atoms with Crippen molar-refractivity contribution in [3.63, 3.8) is 0 Å². The molecule has 0 amide bonds. The number of aromatic nitrogens is 2. The molecular weight excluding hydrogens is 282 g/mol. The molecule has 0 atom stereocenters. The van der Waals surface area contributed by atoms with Crippen LogP contribution in [0, 0.1) is 11.3 Å². The third-order valence-electron chi connectivity index (χ3n) is 1.93. The van der Waals surface area contributed by atoms with Crippen LogP contribution in [0.2, 0.25) is 0 Å². The fourth-order valence-electron chi connectivity index (χ4n) is 1.14. The highest BCUT2D eigenvalue weighted by Crippen LogP contribution is 2.26. The molecule has 8 heteroatoms. The van der Waals surface area contributed by atoms with Crippen molar-refractivity contribution >= 4 is 34.0 Å². The van der Waals surface area contributed by atoms with E-state index in [1.54, 1.807) is 0 Å². The van der Waals surface area contributed by atoms with E-state index in [-0.39, 0.29) is 28.8 Å². The standard InChI is InChI=1S/C11H15N5OS2/c1-6(2)14-10-15-16-11(19-10)18-5-9(17)8(4-12)7(3)13/h6H,5,13H2,1-3H3,(H,14,15)/b8-7-. The number of nitriles is 1. The molecule has 0 saturated heterocycles. The van der Waals surface area contributed by atoms with Crippen molar-refractivity contribution in [2.75, 3.05) is 11.1 Å². The van der Waals surface area contributed by atoms with Gasteiger partial charge in [-0.1, -0.05) is 23.1 Å². The van der Waals surface area contributed by atoms with Gasteiger partial charge in [0.05, 0.1) is 5.75 Å². The van der Waals surface area contributed by atoms with Gasteiger partial charge in [-0.3, -0.25) is 4.79 Å². The molecule has 0 aliphatic heterocycles. The minimum absolute atomic E-state index is 0.0116. The number of nitrogens with one attached hydrogen (secondary N) is 1. The zero-order valence-corrected chi connectivity index (χ0v) is 12.6. The SMILES string of the molecule is C/C(N)=C(\C#N)C(=O)CSc1nnc(NC(C)C)s1. The monoisotopic (exact) mass is 297 g/mol. The first kappa shape index (κ1) is 15.5. The molecule has 1 heterocycles. The summed E-state index contributed by atoms with van der Waals surface area (Å²) >= 11 is 2.63. The van der Waals surface area contributed by atoms with Gasteiger partial charge >= 0.3 is 0 Å². The number of allylic oxidation sites excluding steroid dienone is 2. The fraction of sp³-hybridized carbons (Fsp3) is 0.455. The first-order chi connectivity index (χ1) is 8.93. The molecule has 0 radical (unpaired) electrons. The maximum absolute atomic E-state index is 11.7. The normalized spacial score (nSPS) is 11.9. The van der Waals surface area contributed by atoms with E-state index in [1.807, 2.05) is 19.9 Å². The quantitative estimate of drug-likeness (QED) is 0.468. The summed E-state index contributed by atoms with van der Waals surface area (Å²) in [6.45, 7) is 5.55. The van der Waals surface area contributed by atoms with Gasteiger partial charge in [0.25, 0.3) is 0 Å². The lowest BCUT2D eigenvalue weighted by atomic mass is 10.2. The van der Waals surface area contributed by atoms with Crippen LogP contribution in [0.1, 0.15) is 20.8 Å². The first-order valence-corrected chi connectivity index (χ1v) is 7.36. The minimum atomic E-state index is -0.291. The lowest BCUT2D eigenvalue weighted by Crippen LogP contribution is -2.10. The summed E-state index contributed by atoms with van der Waals surface area (Å²) in [5, 5.41) is 20.6. The van der Waals surface area contributed by atoms with Crippen LogP contribution in [0.25, 0.3) is 0 Å². The molecule has 1 aromatic rings. The molecule has 0 fully saturated rings. The molecule has 0 aromatic carbocycles. The van der Waals surface area contributed by atoms with Crippen molar-refractivity contribution in [2.45, 2.75) is 31.2 Å². The van der Waals surface area contributed by atoms with Crippen molar-refractivity contribution in [3.8, 4) is 6.07 Å². The van der Waals surface area contributed by atoms with Crippen LogP contribution >= 0.6 is 23.1 Å². The van der Waals surface area contributed by atoms with Gasteiger partial charge < -0.3 is 11.1 Å². The summed E-state index contributed by atoms with van der Waals surface area (Å²) in [5.41, 5.74) is 5.72. The first-order valence-electron chi connectivity index (χ1n) is 5.56. The Bertz CT molecular complexity index is 525. The smallest absolute Gasteiger partial charge is 0.206 e. The number of rotatable bonds is 6. The maximum Gasteiger partial charge on any atom is 0.206 e. The summed E-state index contributed by atoms with van der Waals surface area (Å²) in [6.07, 6.45) is 0. The van der Waals surface area contributed by atoms with E-state index in [2.05, 4.69) is 15.5 Å². The van der Waals surface area contributed by atoms with Gasteiger partial charge in [-0.15, -0.1) is 10.2 Å². The number of nitrogens with zero attached hydrogens (tertiary/aromatic N) is 3. The minimum Gasteiger partial charge on any atom is -0.401 e. The molecule has 19 heavy (non-hydrogen) atoms. The molecule has 0 spiro atoms. The molecule has 0 aliphatic rings. The Hall–Kier alpha value is -1.59. The van der Waals surface area contributed by atoms with Crippen LogP contribution < -0.4 is 11.1 Å². The van der Waals surface area contributed by atoms with E-state index in [9.17, 15) is 4.79 Å². The van der Waals surface area contributed by atoms with Crippen molar-refractivity contribution in [1.82, 2.24) is 10.2 Å². The van der Waals surface area contributed by atoms with E-state index in [0.717, 1.165) is 5.13 Å². The Kier molecular flexibility index (Phi) is 5.79. The number of thioether (sulfide) groups is 1. The van der Waals surface area contributed by atoms with Crippen molar-refractivity contribution in [3.05, 3.63) is 11.3 Å². The van der Waals surface area contributed by atoms with E-state index >= 15 is 0 Å². The number of hydrogen-bond donors (Lipinski definition) is 2. The largest absolute Gasteiger partial charge is 0.401 e. The van der Waals surface area contributed by atoms with Gasteiger partial charge in [-0.2, -0.15) is 5.26 Å². The van der Waals surface area contributed by atoms with E-state index in [1.165, 1.54) is 30.0 Å². The van der Waals surface area contributed by atoms with Gasteiger partial charge in [0, 0.05) is 11.7 Å². The topological polar surface area (TPSA) is 105 Å². The van der Waals surface area contributed by atoms with Gasteiger partial charge in [-0.25, -0.2) is 0 Å². The Morgan fingerprint density at radius 1 is 1.58 bits per heavy atom. The van der Waals surface area contributed by atoms with Gasteiger partial charge in [0.1, 0.15) is 11.6 Å². The van der Waals surface area contributed by atoms with Crippen LogP contribution in [0.15, 0.2) is 15.6 Å². The van der Waals surface area contributed by atoms with Crippen LogP contribution in [0.5, 0.6) is 0 Å². The second-order valence-electron chi connectivity index (χ2n) is 4.05. The average molecular weight is 297 g/mol. The van der Waals surface area contributed by atoms with Gasteiger partial charge in [0.15, 0.2) is 10.1 Å². The van der Waals surface area contributed by atoms with Crippen LogP contribution in [-0.2, 0) is 4.79 Å². The Morgan fingerprint density at radius 2 is 2.26 bits per heavy atom. The van der Waals surface area contributed by atoms with Crippen molar-refractivity contribution < 1.29 is 4.79 Å². The highest BCUT2D eigenvalue weighted by atomic mass is 32.2. The molecule has 102 valence electrons. The van der Waals surface area contributed by atoms with Crippen LogP contribution in [0.3, 0.4) is 0 Å². The number of nitrogens with two attached hydrogens (primary N) is 1. The number of anilines is 1. The lowest BCUT2D eigenvalue weighted by molar-refractivity contribution is -0.112. The second kappa shape index (κ2) is 7.11. The van der Waals surface area contributed by atoms with Crippen LogP contribution in [0.4, 0.5) is 5.13 Å². The molecule has 0 saturated carbocycles. The van der Waals surface area contributed by atoms with E-state index in [0.29, 0.717) is 4.34 Å². The zero-order chi connectivity index (χ0) is 14.4. The summed E-state index contributed by atoms with van der Waals surface area (Å²) in [4.78, 5) is 11.7. The average Bonchev–Trinajstić information content (AvgIpc) is 2.73. The second-order valence-corrected chi connectivity index (χ2v) is 6.25. The third kappa shape index (κ3) is 4.89. The zero-order valence-electron chi connectivity index (χ0n) is 10.9. The van der Waals surface area contributed by atoms with Crippen molar-refractivity contribution in [2.24, 2.45) is 5.73 Å². The maximum atomic E-state index is 11.7. The molecular formula is C11H15N5OS2. The molecule has 1 rings (SSSR count). The van der Waals surface area contributed by atoms with Crippen LogP contribution in [-0.4, -0.2) is 27.8 Å². The number of ketones is 1. The van der Waals surface area contributed by atoms with Gasteiger partial charge in [-0.05, 0) is 20.8 Å². The van der Waals surface area contributed by atoms with Crippen molar-refractivity contribution in [1.29, 1.82) is 5.26 Å². The molecule has 0 aliphatic carbocycles. The number of hydrogen-bond acceptors (Lipinski definition) is 8. The predicted octanol–water partition coefficient (Wildman–Crippen LogP) is 1.78. The number of Topliss-reactive ketones (excluding diaryl/α,β-unsaturated/α-hetero) is 1. The third-order valence-corrected chi connectivity index (χ3v) is 3.92. The fourth-order valence-corrected chi connectivity index (χ4v) is 2.91. The Labute approximate surface area is 120 Å².